The number of benzene rings is 2. The van der Waals surface area contributed by atoms with Crippen LogP contribution in [0.25, 0.3) is 0 Å². The lowest BCUT2D eigenvalue weighted by molar-refractivity contribution is 0.0734. The van der Waals surface area contributed by atoms with Gasteiger partial charge in [-0.2, -0.15) is 0 Å². The van der Waals surface area contributed by atoms with Gasteiger partial charge in [0.25, 0.3) is 5.91 Å². The topological polar surface area (TPSA) is 46.3 Å². The molecule has 3 nitrogen and oxygen atoms in total. The van der Waals surface area contributed by atoms with Crippen molar-refractivity contribution >= 4 is 11.6 Å². The number of aryl methyl sites for hydroxylation is 1. The van der Waals surface area contributed by atoms with Gasteiger partial charge in [-0.05, 0) is 54.3 Å². The van der Waals surface area contributed by atoms with Gasteiger partial charge in [-0.1, -0.05) is 12.1 Å². The smallest absolute Gasteiger partial charge is 0.254 e. The largest absolute Gasteiger partial charge is 0.398 e. The molecular formula is C17H17FN2O. The first kappa shape index (κ1) is 13.6. The zero-order chi connectivity index (χ0) is 15.0. The predicted molar refractivity (Wildman–Crippen MR) is 80.4 cm³/mol. The summed E-state index contributed by atoms with van der Waals surface area (Å²) >= 11 is 0. The summed E-state index contributed by atoms with van der Waals surface area (Å²) in [6.45, 7) is 2.91. The van der Waals surface area contributed by atoms with Crippen molar-refractivity contribution in [1.82, 2.24) is 4.90 Å². The molecule has 0 saturated heterocycles. The lowest BCUT2D eigenvalue weighted by Crippen LogP contribution is -2.36. The number of anilines is 1. The van der Waals surface area contributed by atoms with E-state index in [0.29, 0.717) is 18.7 Å². The predicted octanol–water partition coefficient (Wildman–Crippen LogP) is 2.91. The first-order valence-electron chi connectivity index (χ1n) is 6.97. The van der Waals surface area contributed by atoms with E-state index >= 15 is 0 Å². The maximum atomic E-state index is 13.5. The van der Waals surface area contributed by atoms with E-state index in [1.54, 1.807) is 17.9 Å². The summed E-state index contributed by atoms with van der Waals surface area (Å²) in [6, 6.07) is 10.2. The molecule has 2 aromatic rings. The number of nitrogens with zero attached hydrogens (tertiary/aromatic N) is 1. The number of hydrogen-bond donors (Lipinski definition) is 1. The minimum Gasteiger partial charge on any atom is -0.398 e. The zero-order valence-electron chi connectivity index (χ0n) is 11.9. The Morgan fingerprint density at radius 1 is 1.29 bits per heavy atom. The number of halogens is 1. The van der Waals surface area contributed by atoms with Crippen LogP contribution in [0.2, 0.25) is 0 Å². The molecule has 0 atom stereocenters. The van der Waals surface area contributed by atoms with E-state index in [-0.39, 0.29) is 11.7 Å². The van der Waals surface area contributed by atoms with E-state index in [1.807, 2.05) is 18.2 Å². The standard InChI is InChI=1S/C17H17FN2O/c1-11-7-13(9-14(18)8-11)17(21)20-6-5-15-12(10-20)3-2-4-16(15)19/h2-4,7-9H,5-6,10,19H2,1H3. The fourth-order valence-corrected chi connectivity index (χ4v) is 2.85. The highest BCUT2D eigenvalue weighted by Crippen LogP contribution is 2.25. The van der Waals surface area contributed by atoms with Crippen molar-refractivity contribution in [3.8, 4) is 0 Å². The Hall–Kier alpha value is -2.36. The average molecular weight is 284 g/mol. The summed E-state index contributed by atoms with van der Waals surface area (Å²) in [5.74, 6) is -0.509. The van der Waals surface area contributed by atoms with Crippen LogP contribution < -0.4 is 5.73 Å². The van der Waals surface area contributed by atoms with Crippen LogP contribution in [0.1, 0.15) is 27.0 Å². The summed E-state index contributed by atoms with van der Waals surface area (Å²) in [5.41, 5.74) is 10.1. The highest BCUT2D eigenvalue weighted by Gasteiger charge is 2.23. The third kappa shape index (κ3) is 2.61. The SMILES string of the molecule is Cc1cc(F)cc(C(=O)N2CCc3c(N)cccc3C2)c1. The van der Waals surface area contributed by atoms with Crippen LogP contribution in [0.5, 0.6) is 0 Å². The van der Waals surface area contributed by atoms with Gasteiger partial charge in [0.2, 0.25) is 0 Å². The molecule has 108 valence electrons. The number of rotatable bonds is 1. The Bertz CT molecular complexity index is 692. The molecule has 21 heavy (non-hydrogen) atoms. The molecule has 3 rings (SSSR count). The number of hydrogen-bond acceptors (Lipinski definition) is 2. The van der Waals surface area contributed by atoms with E-state index in [2.05, 4.69) is 0 Å². The van der Waals surface area contributed by atoms with Gasteiger partial charge in [0.15, 0.2) is 0 Å². The summed E-state index contributed by atoms with van der Waals surface area (Å²) in [7, 11) is 0. The van der Waals surface area contributed by atoms with Crippen LogP contribution in [-0.4, -0.2) is 17.4 Å². The molecule has 1 aliphatic heterocycles. The molecule has 1 amide bonds. The summed E-state index contributed by atoms with van der Waals surface area (Å²) in [4.78, 5) is 14.3. The summed E-state index contributed by atoms with van der Waals surface area (Å²) < 4.78 is 13.5. The molecule has 0 radical (unpaired) electrons. The van der Waals surface area contributed by atoms with Gasteiger partial charge in [0.1, 0.15) is 5.82 Å². The van der Waals surface area contributed by atoms with E-state index < -0.39 is 0 Å². The van der Waals surface area contributed by atoms with E-state index in [0.717, 1.165) is 28.8 Å². The van der Waals surface area contributed by atoms with Crippen molar-refractivity contribution in [3.63, 3.8) is 0 Å². The molecule has 0 aromatic heterocycles. The normalized spacial score (nSPS) is 13.9. The molecule has 0 unspecified atom stereocenters. The van der Waals surface area contributed by atoms with Gasteiger partial charge in [-0.25, -0.2) is 4.39 Å². The molecule has 2 N–H and O–H groups in total. The fourth-order valence-electron chi connectivity index (χ4n) is 2.85. The van der Waals surface area contributed by atoms with E-state index in [9.17, 15) is 9.18 Å². The second-order valence-electron chi connectivity index (χ2n) is 5.48. The van der Waals surface area contributed by atoms with Crippen LogP contribution in [0.3, 0.4) is 0 Å². The quantitative estimate of drug-likeness (QED) is 0.818. The van der Waals surface area contributed by atoms with Gasteiger partial charge >= 0.3 is 0 Å². The number of amides is 1. The van der Waals surface area contributed by atoms with Crippen LogP contribution in [0, 0.1) is 12.7 Å². The van der Waals surface area contributed by atoms with Crippen molar-refractivity contribution in [2.45, 2.75) is 19.9 Å². The molecule has 0 saturated carbocycles. The van der Waals surface area contributed by atoms with E-state index in [4.69, 9.17) is 5.73 Å². The molecule has 4 heteroatoms. The second kappa shape index (κ2) is 5.20. The molecular weight excluding hydrogens is 267 g/mol. The molecule has 1 heterocycles. The van der Waals surface area contributed by atoms with Gasteiger partial charge in [0.05, 0.1) is 0 Å². The van der Waals surface area contributed by atoms with Gasteiger partial charge in [-0.3, -0.25) is 4.79 Å². The lowest BCUT2D eigenvalue weighted by Gasteiger charge is -2.29. The zero-order valence-corrected chi connectivity index (χ0v) is 11.9. The molecule has 0 bridgehead atoms. The Labute approximate surface area is 123 Å². The van der Waals surface area contributed by atoms with Crippen molar-refractivity contribution in [3.05, 3.63) is 64.5 Å². The summed E-state index contributed by atoms with van der Waals surface area (Å²) in [6.07, 6.45) is 0.738. The third-order valence-corrected chi connectivity index (χ3v) is 3.88. The monoisotopic (exact) mass is 284 g/mol. The number of carbonyl (C=O) groups excluding carboxylic acids is 1. The molecule has 1 aliphatic rings. The average Bonchev–Trinajstić information content (AvgIpc) is 2.45. The number of nitrogen functional groups attached to an aromatic ring is 1. The van der Waals surface area contributed by atoms with Crippen molar-refractivity contribution < 1.29 is 9.18 Å². The summed E-state index contributed by atoms with van der Waals surface area (Å²) in [5, 5.41) is 0. The van der Waals surface area contributed by atoms with E-state index in [1.165, 1.54) is 12.1 Å². The first-order chi connectivity index (χ1) is 10.0. The van der Waals surface area contributed by atoms with Gasteiger partial charge in [-0.15, -0.1) is 0 Å². The second-order valence-corrected chi connectivity index (χ2v) is 5.48. The van der Waals surface area contributed by atoms with Crippen molar-refractivity contribution in [1.29, 1.82) is 0 Å². The van der Waals surface area contributed by atoms with Crippen molar-refractivity contribution in [2.24, 2.45) is 0 Å². The number of fused-ring (bicyclic) bond motifs is 1. The van der Waals surface area contributed by atoms with Crippen molar-refractivity contribution in [2.75, 3.05) is 12.3 Å². The number of nitrogens with two attached hydrogens (primary N) is 1. The molecule has 0 spiro atoms. The minimum atomic E-state index is -0.375. The Morgan fingerprint density at radius 2 is 2.10 bits per heavy atom. The Morgan fingerprint density at radius 3 is 2.86 bits per heavy atom. The minimum absolute atomic E-state index is 0.134. The molecule has 0 fully saturated rings. The fraction of sp³-hybridized carbons (Fsp3) is 0.235. The van der Waals surface area contributed by atoms with Gasteiger partial charge in [0, 0.05) is 24.3 Å². The lowest BCUT2D eigenvalue weighted by atomic mass is 9.97. The highest BCUT2D eigenvalue weighted by atomic mass is 19.1. The van der Waals surface area contributed by atoms with Gasteiger partial charge < -0.3 is 10.6 Å². The highest BCUT2D eigenvalue weighted by molar-refractivity contribution is 5.94. The maximum absolute atomic E-state index is 13.5. The molecule has 0 aliphatic carbocycles. The molecule has 2 aromatic carbocycles. The van der Waals surface area contributed by atoms with Crippen LogP contribution >= 0.6 is 0 Å². The van der Waals surface area contributed by atoms with Crippen LogP contribution in [0.4, 0.5) is 10.1 Å². The maximum Gasteiger partial charge on any atom is 0.254 e. The first-order valence-corrected chi connectivity index (χ1v) is 6.97. The van der Waals surface area contributed by atoms with Crippen LogP contribution in [0.15, 0.2) is 36.4 Å². The van der Waals surface area contributed by atoms with Crippen LogP contribution in [-0.2, 0) is 13.0 Å². The third-order valence-electron chi connectivity index (χ3n) is 3.88. The Kier molecular flexibility index (Phi) is 3.37. The number of carbonyl (C=O) groups is 1. The Balaban J connectivity index is 1.87.